The summed E-state index contributed by atoms with van der Waals surface area (Å²) in [5.74, 6) is -0.895. The molecule has 2 fully saturated rings. The molecule has 2 heterocycles. The van der Waals surface area contributed by atoms with Crippen LogP contribution in [0.5, 0.6) is 0 Å². The van der Waals surface area contributed by atoms with Crippen LogP contribution in [0.4, 0.5) is 0 Å². The number of aromatic carboxylic acids is 1. The molecule has 0 aliphatic carbocycles. The topological polar surface area (TPSA) is 76.1 Å². The first-order valence-electron chi connectivity index (χ1n) is 8.34. The summed E-state index contributed by atoms with van der Waals surface area (Å²) in [4.78, 5) is 25.5. The molecule has 1 amide bonds. The molecule has 0 radical (unpaired) electrons. The monoisotopic (exact) mass is 333 g/mol. The molecule has 0 unspecified atom stereocenters. The summed E-state index contributed by atoms with van der Waals surface area (Å²) in [6, 6.07) is 6.49. The minimum atomic E-state index is -0.959. The molecule has 0 bridgehead atoms. The molecule has 24 heavy (non-hydrogen) atoms. The third-order valence-electron chi connectivity index (χ3n) is 4.90. The second kappa shape index (κ2) is 7.32. The van der Waals surface area contributed by atoms with Crippen molar-refractivity contribution in [3.8, 4) is 0 Å². The van der Waals surface area contributed by atoms with Gasteiger partial charge in [-0.2, -0.15) is 0 Å². The van der Waals surface area contributed by atoms with E-state index in [1.807, 2.05) is 4.90 Å². The van der Waals surface area contributed by atoms with Crippen LogP contribution >= 0.6 is 0 Å². The van der Waals surface area contributed by atoms with E-state index in [1.165, 1.54) is 12.1 Å². The van der Waals surface area contributed by atoms with E-state index in [9.17, 15) is 9.59 Å². The number of carboxylic acids is 1. The van der Waals surface area contributed by atoms with Crippen molar-refractivity contribution in [3.63, 3.8) is 0 Å². The first-order chi connectivity index (χ1) is 11.6. The highest BCUT2D eigenvalue weighted by Crippen LogP contribution is 2.33. The molecule has 0 aromatic heterocycles. The zero-order chi connectivity index (χ0) is 17.0. The van der Waals surface area contributed by atoms with Gasteiger partial charge in [-0.15, -0.1) is 0 Å². The predicted molar refractivity (Wildman–Crippen MR) is 87.0 cm³/mol. The van der Waals surface area contributed by atoms with Gasteiger partial charge in [0, 0.05) is 31.7 Å². The second-order valence-corrected chi connectivity index (χ2v) is 6.66. The van der Waals surface area contributed by atoms with Crippen LogP contribution in [0.15, 0.2) is 24.3 Å². The van der Waals surface area contributed by atoms with Crippen molar-refractivity contribution in [1.29, 1.82) is 0 Å². The van der Waals surface area contributed by atoms with Crippen molar-refractivity contribution in [1.82, 2.24) is 4.90 Å². The number of carbonyl (C=O) groups excluding carboxylic acids is 1. The molecule has 0 saturated carbocycles. The van der Waals surface area contributed by atoms with E-state index in [0.717, 1.165) is 31.6 Å². The first kappa shape index (κ1) is 16.9. The average Bonchev–Trinajstić information content (AvgIpc) is 2.79. The Morgan fingerprint density at radius 3 is 2.46 bits per heavy atom. The van der Waals surface area contributed by atoms with Crippen LogP contribution < -0.4 is 0 Å². The molecule has 130 valence electrons. The zero-order valence-corrected chi connectivity index (χ0v) is 13.7. The molecule has 2 aliphatic rings. The largest absolute Gasteiger partial charge is 0.478 e. The predicted octanol–water partition coefficient (Wildman–Crippen LogP) is 1.58. The fraction of sp³-hybridized carbons (Fsp3) is 0.556. The van der Waals surface area contributed by atoms with Crippen molar-refractivity contribution >= 4 is 11.9 Å². The van der Waals surface area contributed by atoms with Gasteiger partial charge < -0.3 is 19.5 Å². The van der Waals surface area contributed by atoms with Crippen LogP contribution in [-0.4, -0.2) is 61.4 Å². The molecule has 6 nitrogen and oxygen atoms in total. The summed E-state index contributed by atoms with van der Waals surface area (Å²) in [6.07, 6.45) is 2.13. The molecule has 0 atom stereocenters. The van der Waals surface area contributed by atoms with Crippen LogP contribution in [0.3, 0.4) is 0 Å². The van der Waals surface area contributed by atoms with Gasteiger partial charge in [-0.25, -0.2) is 4.79 Å². The van der Waals surface area contributed by atoms with Crippen LogP contribution in [0, 0.1) is 5.41 Å². The van der Waals surface area contributed by atoms with Gasteiger partial charge in [-0.05, 0) is 30.5 Å². The fourth-order valence-electron chi connectivity index (χ4n) is 3.36. The molecule has 2 aliphatic heterocycles. The summed E-state index contributed by atoms with van der Waals surface area (Å²) in [6.45, 7) is 4.01. The Morgan fingerprint density at radius 2 is 1.79 bits per heavy atom. The van der Waals surface area contributed by atoms with E-state index in [1.54, 1.807) is 12.1 Å². The highest BCUT2D eigenvalue weighted by molar-refractivity contribution is 5.87. The zero-order valence-electron chi connectivity index (χ0n) is 13.7. The standard InChI is InChI=1S/C18H23NO5/c20-16(11-14-1-3-15(4-2-14)17(21)22)19-7-10-24-13-18(12-19)5-8-23-9-6-18/h1-4H,5-13H2,(H,21,22). The average molecular weight is 333 g/mol. The Hall–Kier alpha value is -1.92. The molecule has 2 saturated heterocycles. The minimum absolute atomic E-state index is 0.0115. The van der Waals surface area contributed by atoms with E-state index in [-0.39, 0.29) is 23.3 Å². The highest BCUT2D eigenvalue weighted by atomic mass is 16.5. The van der Waals surface area contributed by atoms with Gasteiger partial charge in [-0.3, -0.25) is 4.79 Å². The van der Waals surface area contributed by atoms with E-state index in [0.29, 0.717) is 26.3 Å². The fourth-order valence-corrected chi connectivity index (χ4v) is 3.36. The summed E-state index contributed by atoms with van der Waals surface area (Å²) < 4.78 is 11.2. The Kier molecular flexibility index (Phi) is 5.16. The Bertz CT molecular complexity index is 592. The summed E-state index contributed by atoms with van der Waals surface area (Å²) in [7, 11) is 0. The van der Waals surface area contributed by atoms with E-state index < -0.39 is 5.97 Å². The summed E-state index contributed by atoms with van der Waals surface area (Å²) >= 11 is 0. The van der Waals surface area contributed by atoms with Crippen LogP contribution in [-0.2, 0) is 20.7 Å². The van der Waals surface area contributed by atoms with Crippen molar-refractivity contribution in [2.24, 2.45) is 5.41 Å². The molecule has 1 spiro atoms. The number of ether oxygens (including phenoxy) is 2. The lowest BCUT2D eigenvalue weighted by Crippen LogP contribution is -2.45. The van der Waals surface area contributed by atoms with Crippen molar-refractivity contribution in [2.75, 3.05) is 39.5 Å². The first-order valence-corrected chi connectivity index (χ1v) is 8.34. The molecule has 1 aromatic carbocycles. The van der Waals surface area contributed by atoms with E-state index in [4.69, 9.17) is 14.6 Å². The van der Waals surface area contributed by atoms with E-state index >= 15 is 0 Å². The normalized spacial score (nSPS) is 20.6. The van der Waals surface area contributed by atoms with Crippen LogP contribution in [0.1, 0.15) is 28.8 Å². The molecule has 3 rings (SSSR count). The number of benzene rings is 1. The van der Waals surface area contributed by atoms with Crippen molar-refractivity contribution in [3.05, 3.63) is 35.4 Å². The quantitative estimate of drug-likeness (QED) is 0.909. The lowest BCUT2D eigenvalue weighted by molar-refractivity contribution is -0.132. The van der Waals surface area contributed by atoms with Gasteiger partial charge >= 0.3 is 5.97 Å². The lowest BCUT2D eigenvalue weighted by atomic mass is 9.80. The number of nitrogens with zero attached hydrogens (tertiary/aromatic N) is 1. The van der Waals surface area contributed by atoms with Gasteiger partial charge in [0.15, 0.2) is 0 Å². The Labute approximate surface area is 141 Å². The molecule has 1 aromatic rings. The number of hydrogen-bond donors (Lipinski definition) is 1. The van der Waals surface area contributed by atoms with Gasteiger partial charge in [0.2, 0.25) is 5.91 Å². The third kappa shape index (κ3) is 3.94. The summed E-state index contributed by atoms with van der Waals surface area (Å²) in [5.41, 5.74) is 1.07. The minimum Gasteiger partial charge on any atom is -0.478 e. The van der Waals surface area contributed by atoms with Crippen molar-refractivity contribution < 1.29 is 24.2 Å². The lowest BCUT2D eigenvalue weighted by Gasteiger charge is -2.38. The highest BCUT2D eigenvalue weighted by Gasteiger charge is 2.37. The maximum absolute atomic E-state index is 12.7. The number of carboxylic acid groups (broad SMARTS) is 1. The maximum Gasteiger partial charge on any atom is 0.335 e. The van der Waals surface area contributed by atoms with Gasteiger partial charge in [-0.1, -0.05) is 12.1 Å². The Balaban J connectivity index is 1.65. The molecule has 6 heteroatoms. The van der Waals surface area contributed by atoms with Crippen LogP contribution in [0.2, 0.25) is 0 Å². The molecular weight excluding hydrogens is 310 g/mol. The summed E-state index contributed by atoms with van der Waals surface area (Å²) in [5, 5.41) is 8.93. The van der Waals surface area contributed by atoms with E-state index in [2.05, 4.69) is 0 Å². The SMILES string of the molecule is O=C(O)c1ccc(CC(=O)N2CCOCC3(CCOCC3)C2)cc1. The number of amides is 1. The van der Waals surface area contributed by atoms with Gasteiger partial charge in [0.25, 0.3) is 0 Å². The van der Waals surface area contributed by atoms with Gasteiger partial charge in [0.05, 0.1) is 25.2 Å². The molecular formula is C18H23NO5. The Morgan fingerprint density at radius 1 is 1.08 bits per heavy atom. The van der Waals surface area contributed by atoms with Gasteiger partial charge in [0.1, 0.15) is 0 Å². The second-order valence-electron chi connectivity index (χ2n) is 6.66. The number of rotatable bonds is 3. The smallest absolute Gasteiger partial charge is 0.335 e. The number of carbonyl (C=O) groups is 2. The van der Waals surface area contributed by atoms with Crippen molar-refractivity contribution in [2.45, 2.75) is 19.3 Å². The third-order valence-corrected chi connectivity index (χ3v) is 4.90. The van der Waals surface area contributed by atoms with Crippen LogP contribution in [0.25, 0.3) is 0 Å². The maximum atomic E-state index is 12.7. The molecule has 1 N–H and O–H groups in total. The number of hydrogen-bond acceptors (Lipinski definition) is 4.